The van der Waals surface area contributed by atoms with Gasteiger partial charge in [0.2, 0.25) is 0 Å². The SMILES string of the molecule is C[C@H]1CC[C@@](C)(c2cccc(N)c2)NC1. The fraction of sp³-hybridized carbons (Fsp3) is 0.538. The summed E-state index contributed by atoms with van der Waals surface area (Å²) >= 11 is 0. The van der Waals surface area contributed by atoms with E-state index >= 15 is 0 Å². The summed E-state index contributed by atoms with van der Waals surface area (Å²) in [7, 11) is 0. The van der Waals surface area contributed by atoms with E-state index in [-0.39, 0.29) is 5.54 Å². The van der Waals surface area contributed by atoms with Crippen LogP contribution in [0.4, 0.5) is 5.69 Å². The normalized spacial score (nSPS) is 31.5. The monoisotopic (exact) mass is 204 g/mol. The Morgan fingerprint density at radius 3 is 2.87 bits per heavy atom. The molecule has 0 aliphatic carbocycles. The van der Waals surface area contributed by atoms with Gasteiger partial charge in [0.15, 0.2) is 0 Å². The molecule has 82 valence electrons. The first-order valence-corrected chi connectivity index (χ1v) is 5.71. The van der Waals surface area contributed by atoms with Crippen LogP contribution in [0.3, 0.4) is 0 Å². The molecule has 1 aliphatic rings. The third-order valence-corrected chi connectivity index (χ3v) is 3.50. The van der Waals surface area contributed by atoms with E-state index in [4.69, 9.17) is 5.73 Å². The molecule has 3 N–H and O–H groups in total. The Balaban J connectivity index is 2.22. The number of nitrogens with one attached hydrogen (secondary N) is 1. The number of anilines is 1. The van der Waals surface area contributed by atoms with Crippen LogP contribution < -0.4 is 11.1 Å². The summed E-state index contributed by atoms with van der Waals surface area (Å²) in [6.45, 7) is 5.67. The summed E-state index contributed by atoms with van der Waals surface area (Å²) in [5.41, 5.74) is 8.11. The Bertz CT molecular complexity index is 338. The average Bonchev–Trinajstić information content (AvgIpc) is 2.23. The van der Waals surface area contributed by atoms with E-state index in [1.165, 1.54) is 18.4 Å². The van der Waals surface area contributed by atoms with Crippen molar-refractivity contribution in [3.63, 3.8) is 0 Å². The van der Waals surface area contributed by atoms with Crippen LogP contribution in [0.25, 0.3) is 0 Å². The van der Waals surface area contributed by atoms with Gasteiger partial charge in [-0.2, -0.15) is 0 Å². The lowest BCUT2D eigenvalue weighted by molar-refractivity contribution is 0.236. The Hall–Kier alpha value is -1.02. The van der Waals surface area contributed by atoms with Crippen LogP contribution in [0.1, 0.15) is 32.3 Å². The molecule has 1 aromatic rings. The number of hydrogen-bond acceptors (Lipinski definition) is 2. The van der Waals surface area contributed by atoms with Gasteiger partial charge >= 0.3 is 0 Å². The van der Waals surface area contributed by atoms with Crippen LogP contribution in [-0.2, 0) is 5.54 Å². The first kappa shape index (κ1) is 10.5. The standard InChI is InChI=1S/C13H20N2/c1-10-6-7-13(2,15-9-10)11-4-3-5-12(14)8-11/h3-5,8,10,15H,6-7,9,14H2,1-2H3/t10-,13-/m0/s1. The lowest BCUT2D eigenvalue weighted by Gasteiger charge is -2.38. The minimum absolute atomic E-state index is 0.113. The largest absolute Gasteiger partial charge is 0.399 e. The average molecular weight is 204 g/mol. The van der Waals surface area contributed by atoms with Crippen molar-refractivity contribution < 1.29 is 0 Å². The van der Waals surface area contributed by atoms with E-state index in [1.807, 2.05) is 12.1 Å². The van der Waals surface area contributed by atoms with Gasteiger partial charge in [-0.1, -0.05) is 19.1 Å². The van der Waals surface area contributed by atoms with Crippen molar-refractivity contribution in [3.05, 3.63) is 29.8 Å². The summed E-state index contributed by atoms with van der Waals surface area (Å²) in [6.07, 6.45) is 2.48. The van der Waals surface area contributed by atoms with Gasteiger partial charge in [0.05, 0.1) is 0 Å². The molecule has 0 saturated carbocycles. The van der Waals surface area contributed by atoms with E-state index in [1.54, 1.807) is 0 Å². The zero-order valence-corrected chi connectivity index (χ0v) is 9.59. The minimum Gasteiger partial charge on any atom is -0.399 e. The number of nitrogen functional groups attached to an aromatic ring is 1. The molecule has 2 nitrogen and oxygen atoms in total. The van der Waals surface area contributed by atoms with Gasteiger partial charge in [-0.25, -0.2) is 0 Å². The third kappa shape index (κ3) is 2.15. The number of benzene rings is 1. The lowest BCUT2D eigenvalue weighted by atomic mass is 9.81. The summed E-state index contributed by atoms with van der Waals surface area (Å²) in [4.78, 5) is 0. The molecule has 1 fully saturated rings. The predicted octanol–water partition coefficient (Wildman–Crippen LogP) is 2.50. The van der Waals surface area contributed by atoms with Gasteiger partial charge in [-0.05, 0) is 49.9 Å². The van der Waals surface area contributed by atoms with Crippen LogP contribution in [0, 0.1) is 5.92 Å². The second-order valence-corrected chi connectivity index (χ2v) is 4.98. The second-order valence-electron chi connectivity index (χ2n) is 4.98. The molecule has 1 heterocycles. The highest BCUT2D eigenvalue weighted by molar-refractivity contribution is 5.43. The first-order valence-electron chi connectivity index (χ1n) is 5.71. The summed E-state index contributed by atoms with van der Waals surface area (Å²) < 4.78 is 0. The predicted molar refractivity (Wildman–Crippen MR) is 64.6 cm³/mol. The molecule has 0 aromatic heterocycles. The molecule has 2 rings (SSSR count). The quantitative estimate of drug-likeness (QED) is 0.690. The zero-order chi connectivity index (χ0) is 10.9. The van der Waals surface area contributed by atoms with E-state index in [2.05, 4.69) is 31.3 Å². The van der Waals surface area contributed by atoms with Crippen LogP contribution in [0.5, 0.6) is 0 Å². The highest BCUT2D eigenvalue weighted by Gasteiger charge is 2.30. The minimum atomic E-state index is 0.113. The van der Waals surface area contributed by atoms with Crippen molar-refractivity contribution in [2.24, 2.45) is 5.92 Å². The Kier molecular flexibility index (Phi) is 2.70. The Morgan fingerprint density at radius 2 is 2.27 bits per heavy atom. The fourth-order valence-corrected chi connectivity index (χ4v) is 2.25. The summed E-state index contributed by atoms with van der Waals surface area (Å²) in [5, 5.41) is 3.63. The van der Waals surface area contributed by atoms with E-state index in [0.29, 0.717) is 0 Å². The topological polar surface area (TPSA) is 38.0 Å². The van der Waals surface area contributed by atoms with E-state index in [9.17, 15) is 0 Å². The van der Waals surface area contributed by atoms with Crippen molar-refractivity contribution in [1.29, 1.82) is 0 Å². The van der Waals surface area contributed by atoms with E-state index in [0.717, 1.165) is 18.2 Å². The fourth-order valence-electron chi connectivity index (χ4n) is 2.25. The molecule has 1 aliphatic heterocycles. The zero-order valence-electron chi connectivity index (χ0n) is 9.59. The van der Waals surface area contributed by atoms with Gasteiger partial charge in [-0.15, -0.1) is 0 Å². The maximum absolute atomic E-state index is 5.82. The van der Waals surface area contributed by atoms with Gasteiger partial charge in [-0.3, -0.25) is 0 Å². The molecule has 2 heteroatoms. The van der Waals surface area contributed by atoms with Crippen molar-refractivity contribution in [2.45, 2.75) is 32.2 Å². The molecule has 1 saturated heterocycles. The number of nitrogens with two attached hydrogens (primary N) is 1. The number of hydrogen-bond donors (Lipinski definition) is 2. The maximum Gasteiger partial charge on any atom is 0.0407 e. The van der Waals surface area contributed by atoms with Gasteiger partial charge in [0.25, 0.3) is 0 Å². The van der Waals surface area contributed by atoms with Crippen LogP contribution in [-0.4, -0.2) is 6.54 Å². The van der Waals surface area contributed by atoms with Crippen LogP contribution >= 0.6 is 0 Å². The van der Waals surface area contributed by atoms with Gasteiger partial charge < -0.3 is 11.1 Å². The van der Waals surface area contributed by atoms with Crippen LogP contribution in [0.15, 0.2) is 24.3 Å². The summed E-state index contributed by atoms with van der Waals surface area (Å²) in [6, 6.07) is 8.23. The highest BCUT2D eigenvalue weighted by Crippen LogP contribution is 2.32. The Labute approximate surface area is 91.9 Å². The highest BCUT2D eigenvalue weighted by atomic mass is 15.0. The molecule has 2 atom stereocenters. The summed E-state index contributed by atoms with van der Waals surface area (Å²) in [5.74, 6) is 0.791. The number of rotatable bonds is 1. The molecule has 15 heavy (non-hydrogen) atoms. The van der Waals surface area contributed by atoms with Crippen molar-refractivity contribution in [2.75, 3.05) is 12.3 Å². The smallest absolute Gasteiger partial charge is 0.0407 e. The second kappa shape index (κ2) is 3.86. The molecular formula is C13H20N2. The van der Waals surface area contributed by atoms with Gasteiger partial charge in [0, 0.05) is 11.2 Å². The van der Waals surface area contributed by atoms with Crippen molar-refractivity contribution in [1.82, 2.24) is 5.32 Å². The molecule has 0 spiro atoms. The van der Waals surface area contributed by atoms with Crippen LogP contribution in [0.2, 0.25) is 0 Å². The molecule has 1 aromatic carbocycles. The maximum atomic E-state index is 5.82. The molecule has 0 unspecified atom stereocenters. The molecule has 0 amide bonds. The Morgan fingerprint density at radius 1 is 1.47 bits per heavy atom. The number of piperidine rings is 1. The van der Waals surface area contributed by atoms with Gasteiger partial charge in [0.1, 0.15) is 0 Å². The molecule has 0 bridgehead atoms. The van der Waals surface area contributed by atoms with Crippen molar-refractivity contribution in [3.8, 4) is 0 Å². The molecular weight excluding hydrogens is 184 g/mol. The van der Waals surface area contributed by atoms with E-state index < -0.39 is 0 Å². The first-order chi connectivity index (χ1) is 7.10. The third-order valence-electron chi connectivity index (χ3n) is 3.50. The van der Waals surface area contributed by atoms with Crippen molar-refractivity contribution >= 4 is 5.69 Å². The lowest BCUT2D eigenvalue weighted by Crippen LogP contribution is -2.46. The molecule has 0 radical (unpaired) electrons.